The van der Waals surface area contributed by atoms with Crippen LogP contribution in [0, 0.1) is 0 Å². The van der Waals surface area contributed by atoms with Crippen LogP contribution in [0.15, 0.2) is 12.2 Å². The molecule has 2 N–H and O–H groups in total. The summed E-state index contributed by atoms with van der Waals surface area (Å²) in [5.41, 5.74) is 0. The van der Waals surface area contributed by atoms with Gasteiger partial charge in [-0.25, -0.2) is 0 Å². The van der Waals surface area contributed by atoms with Crippen LogP contribution in [0.25, 0.3) is 0 Å². The van der Waals surface area contributed by atoms with E-state index in [1.165, 1.54) is 6.42 Å². The molecule has 1 amide bonds. The summed E-state index contributed by atoms with van der Waals surface area (Å²) < 4.78 is 0. The van der Waals surface area contributed by atoms with E-state index in [0.717, 1.165) is 58.5 Å². The van der Waals surface area contributed by atoms with E-state index < -0.39 is 0 Å². The molecule has 0 heterocycles. The lowest BCUT2D eigenvalue weighted by Gasteiger charge is -2.18. The third-order valence-corrected chi connectivity index (χ3v) is 3.63. The molecule has 0 spiro atoms. The molecule has 0 saturated heterocycles. The number of amides is 1. The Balaban J connectivity index is 3.30. The van der Waals surface area contributed by atoms with Gasteiger partial charge in [-0.3, -0.25) is 4.79 Å². The molecule has 0 atom stereocenters. The van der Waals surface area contributed by atoms with Gasteiger partial charge in [0.15, 0.2) is 0 Å². The lowest BCUT2D eigenvalue weighted by atomic mass is 10.1. The average Bonchev–Trinajstić information content (AvgIpc) is 2.50. The first-order chi connectivity index (χ1) is 10.2. The summed E-state index contributed by atoms with van der Waals surface area (Å²) in [5, 5.41) is 6.34. The lowest BCUT2D eigenvalue weighted by molar-refractivity contribution is -0.121. The number of hydrogen-bond acceptors (Lipinski definition) is 3. The van der Waals surface area contributed by atoms with Crippen molar-refractivity contribution in [2.75, 3.05) is 39.3 Å². The molecule has 21 heavy (non-hydrogen) atoms. The highest BCUT2D eigenvalue weighted by Crippen LogP contribution is 2.03. The van der Waals surface area contributed by atoms with Crippen molar-refractivity contribution in [2.24, 2.45) is 0 Å². The summed E-state index contributed by atoms with van der Waals surface area (Å²) in [6.07, 6.45) is 9.39. The number of carbonyl (C=O) groups is 1. The topological polar surface area (TPSA) is 44.4 Å². The van der Waals surface area contributed by atoms with E-state index in [4.69, 9.17) is 0 Å². The number of nitrogens with one attached hydrogen (secondary N) is 2. The number of nitrogens with zero attached hydrogens (tertiary/aromatic N) is 1. The highest BCUT2D eigenvalue weighted by Gasteiger charge is 2.00. The summed E-state index contributed by atoms with van der Waals surface area (Å²) in [4.78, 5) is 14.0. The molecule has 0 bridgehead atoms. The van der Waals surface area contributed by atoms with Crippen LogP contribution >= 0.6 is 0 Å². The Morgan fingerprint density at radius 2 is 1.81 bits per heavy atom. The number of unbranched alkanes of at least 4 members (excludes halogenated alkanes) is 3. The van der Waals surface area contributed by atoms with Gasteiger partial charge in [0.05, 0.1) is 0 Å². The minimum absolute atomic E-state index is 0.187. The number of allylic oxidation sites excluding steroid dienone is 2. The smallest absolute Gasteiger partial charge is 0.220 e. The first-order valence-electron chi connectivity index (χ1n) is 8.55. The van der Waals surface area contributed by atoms with Crippen LogP contribution in [-0.2, 0) is 4.79 Å². The summed E-state index contributed by atoms with van der Waals surface area (Å²) in [6.45, 7) is 12.3. The molecule has 0 aliphatic rings. The van der Waals surface area contributed by atoms with Gasteiger partial charge in [-0.15, -0.1) is 0 Å². The molecule has 4 heteroatoms. The monoisotopic (exact) mass is 297 g/mol. The van der Waals surface area contributed by atoms with Gasteiger partial charge < -0.3 is 15.5 Å². The van der Waals surface area contributed by atoms with Crippen LogP contribution in [0.5, 0.6) is 0 Å². The highest BCUT2D eigenvalue weighted by molar-refractivity contribution is 5.75. The molecule has 0 aromatic carbocycles. The summed E-state index contributed by atoms with van der Waals surface area (Å²) in [7, 11) is 0. The second-order valence-electron chi connectivity index (χ2n) is 5.30. The fourth-order valence-corrected chi connectivity index (χ4v) is 2.17. The van der Waals surface area contributed by atoms with Gasteiger partial charge in [0, 0.05) is 32.6 Å². The van der Waals surface area contributed by atoms with E-state index in [-0.39, 0.29) is 5.91 Å². The Hall–Kier alpha value is -0.870. The molecule has 0 rings (SSSR count). The van der Waals surface area contributed by atoms with Crippen molar-refractivity contribution in [1.82, 2.24) is 15.5 Å². The van der Waals surface area contributed by atoms with Gasteiger partial charge in [0.2, 0.25) is 5.91 Å². The third kappa shape index (κ3) is 13.9. The fraction of sp³-hybridized carbons (Fsp3) is 0.824. The standard InChI is InChI=1S/C17H35N3O/c1-4-7-8-9-10-11-12-17(21)19-14-13-18-15-16-20(5-2)6-3/h4,7,18H,5-6,8-16H2,1-3H3,(H,19,21)/b7-4+. The molecule has 124 valence electrons. The van der Waals surface area contributed by atoms with E-state index in [2.05, 4.69) is 41.5 Å². The summed E-state index contributed by atoms with van der Waals surface area (Å²) in [5.74, 6) is 0.187. The van der Waals surface area contributed by atoms with Gasteiger partial charge in [-0.1, -0.05) is 32.4 Å². The first-order valence-corrected chi connectivity index (χ1v) is 8.55. The van der Waals surface area contributed by atoms with Crippen LogP contribution in [0.1, 0.15) is 52.9 Å². The number of likely N-dealkylation sites (N-methyl/N-ethyl adjacent to an activating group) is 1. The Kier molecular flexibility index (Phi) is 14.9. The van der Waals surface area contributed by atoms with E-state index in [0.29, 0.717) is 6.42 Å². The predicted octanol–water partition coefficient (Wildman–Crippen LogP) is 2.56. The van der Waals surface area contributed by atoms with Gasteiger partial charge in [0.1, 0.15) is 0 Å². The maximum Gasteiger partial charge on any atom is 0.220 e. The van der Waals surface area contributed by atoms with Crippen LogP contribution < -0.4 is 10.6 Å². The molecule has 0 aromatic heterocycles. The van der Waals surface area contributed by atoms with Gasteiger partial charge in [0.25, 0.3) is 0 Å². The quantitative estimate of drug-likeness (QED) is 0.382. The van der Waals surface area contributed by atoms with Crippen LogP contribution in [0.3, 0.4) is 0 Å². The van der Waals surface area contributed by atoms with Crippen molar-refractivity contribution in [2.45, 2.75) is 52.9 Å². The van der Waals surface area contributed by atoms with Gasteiger partial charge >= 0.3 is 0 Å². The second kappa shape index (κ2) is 15.5. The first kappa shape index (κ1) is 20.1. The van der Waals surface area contributed by atoms with Crippen molar-refractivity contribution >= 4 is 5.91 Å². The molecule has 0 radical (unpaired) electrons. The number of rotatable bonds is 14. The molecule has 0 aromatic rings. The Bertz CT molecular complexity index is 263. The van der Waals surface area contributed by atoms with Crippen molar-refractivity contribution < 1.29 is 4.79 Å². The summed E-state index contributed by atoms with van der Waals surface area (Å²) in [6, 6.07) is 0. The molecule has 0 saturated carbocycles. The Morgan fingerprint density at radius 1 is 1.05 bits per heavy atom. The SMILES string of the molecule is C/C=C/CCCCCC(=O)NCCNCCN(CC)CC. The van der Waals surface area contributed by atoms with E-state index in [1.807, 2.05) is 6.92 Å². The van der Waals surface area contributed by atoms with E-state index in [1.54, 1.807) is 0 Å². The van der Waals surface area contributed by atoms with E-state index in [9.17, 15) is 4.79 Å². The van der Waals surface area contributed by atoms with Crippen LogP contribution in [0.2, 0.25) is 0 Å². The maximum absolute atomic E-state index is 11.6. The summed E-state index contributed by atoms with van der Waals surface area (Å²) >= 11 is 0. The van der Waals surface area contributed by atoms with Crippen molar-refractivity contribution in [3.05, 3.63) is 12.2 Å². The minimum atomic E-state index is 0.187. The molecule has 0 fully saturated rings. The lowest BCUT2D eigenvalue weighted by Crippen LogP contribution is -2.36. The predicted molar refractivity (Wildman–Crippen MR) is 91.6 cm³/mol. The fourth-order valence-electron chi connectivity index (χ4n) is 2.17. The zero-order valence-electron chi connectivity index (χ0n) is 14.3. The molecule has 4 nitrogen and oxygen atoms in total. The van der Waals surface area contributed by atoms with Gasteiger partial charge in [-0.05, 0) is 39.3 Å². The minimum Gasteiger partial charge on any atom is -0.355 e. The average molecular weight is 297 g/mol. The molecule has 0 aliphatic heterocycles. The van der Waals surface area contributed by atoms with Crippen molar-refractivity contribution in [3.63, 3.8) is 0 Å². The van der Waals surface area contributed by atoms with Crippen LogP contribution in [-0.4, -0.2) is 50.1 Å². The second-order valence-corrected chi connectivity index (χ2v) is 5.30. The van der Waals surface area contributed by atoms with Crippen LogP contribution in [0.4, 0.5) is 0 Å². The molecular weight excluding hydrogens is 262 g/mol. The molecule has 0 aliphatic carbocycles. The largest absolute Gasteiger partial charge is 0.355 e. The maximum atomic E-state index is 11.6. The highest BCUT2D eigenvalue weighted by atomic mass is 16.1. The number of hydrogen-bond donors (Lipinski definition) is 2. The Labute approximate surface area is 131 Å². The Morgan fingerprint density at radius 3 is 2.48 bits per heavy atom. The zero-order chi connectivity index (χ0) is 15.8. The molecular formula is C17H35N3O. The zero-order valence-corrected chi connectivity index (χ0v) is 14.3. The van der Waals surface area contributed by atoms with Gasteiger partial charge in [-0.2, -0.15) is 0 Å². The third-order valence-electron chi connectivity index (χ3n) is 3.63. The van der Waals surface area contributed by atoms with Crippen molar-refractivity contribution in [1.29, 1.82) is 0 Å². The number of carbonyl (C=O) groups excluding carboxylic acids is 1. The van der Waals surface area contributed by atoms with E-state index >= 15 is 0 Å². The van der Waals surface area contributed by atoms with Crippen molar-refractivity contribution in [3.8, 4) is 0 Å². The normalized spacial score (nSPS) is 11.4. The molecule has 0 unspecified atom stereocenters.